The summed E-state index contributed by atoms with van der Waals surface area (Å²) >= 11 is 0. The molecular formula is C11H17NO. The van der Waals surface area contributed by atoms with E-state index >= 15 is 0 Å². The van der Waals surface area contributed by atoms with Gasteiger partial charge in [0.2, 0.25) is 0 Å². The van der Waals surface area contributed by atoms with Gasteiger partial charge in [-0.05, 0) is 36.0 Å². The van der Waals surface area contributed by atoms with E-state index in [1.54, 1.807) is 12.4 Å². The summed E-state index contributed by atoms with van der Waals surface area (Å²) in [5, 5.41) is 9.14. The Hall–Kier alpha value is -0.890. The summed E-state index contributed by atoms with van der Waals surface area (Å²) in [6.45, 7) is 4.55. The number of aliphatic hydroxyl groups excluding tert-OH is 1. The number of hydrogen-bond acceptors (Lipinski definition) is 2. The van der Waals surface area contributed by atoms with Crippen LogP contribution in [0.25, 0.3) is 0 Å². The number of rotatable bonds is 4. The van der Waals surface area contributed by atoms with E-state index in [0.29, 0.717) is 11.8 Å². The second-order valence-electron chi connectivity index (χ2n) is 3.75. The molecule has 0 saturated carbocycles. The summed E-state index contributed by atoms with van der Waals surface area (Å²) in [6.07, 6.45) is 4.53. The smallest absolute Gasteiger partial charge is 0.0464 e. The number of aliphatic hydroxyl groups is 1. The molecule has 1 aromatic rings. The molecule has 1 rings (SSSR count). The molecule has 13 heavy (non-hydrogen) atoms. The van der Waals surface area contributed by atoms with E-state index in [-0.39, 0.29) is 6.61 Å². The van der Waals surface area contributed by atoms with Crippen molar-refractivity contribution in [3.05, 3.63) is 30.1 Å². The normalized spacial score (nSPS) is 13.2. The SMILES string of the molecule is CC(C)C(CO)Cc1ccncc1. The molecule has 1 unspecified atom stereocenters. The third kappa shape index (κ3) is 3.15. The quantitative estimate of drug-likeness (QED) is 0.765. The first-order chi connectivity index (χ1) is 6.24. The summed E-state index contributed by atoms with van der Waals surface area (Å²) in [5.74, 6) is 0.889. The third-order valence-electron chi connectivity index (χ3n) is 2.42. The molecule has 0 aliphatic carbocycles. The molecule has 0 spiro atoms. The molecular weight excluding hydrogens is 162 g/mol. The maximum absolute atomic E-state index is 9.14. The van der Waals surface area contributed by atoms with Gasteiger partial charge in [-0.25, -0.2) is 0 Å². The molecule has 1 heterocycles. The summed E-state index contributed by atoms with van der Waals surface area (Å²) in [4.78, 5) is 3.96. The van der Waals surface area contributed by atoms with Crippen LogP contribution >= 0.6 is 0 Å². The van der Waals surface area contributed by atoms with E-state index in [1.807, 2.05) is 12.1 Å². The first-order valence-electron chi connectivity index (χ1n) is 4.73. The lowest BCUT2D eigenvalue weighted by molar-refractivity contribution is 0.189. The molecule has 1 N–H and O–H groups in total. The highest BCUT2D eigenvalue weighted by atomic mass is 16.3. The monoisotopic (exact) mass is 179 g/mol. The van der Waals surface area contributed by atoms with Crippen LogP contribution in [-0.2, 0) is 6.42 Å². The van der Waals surface area contributed by atoms with E-state index in [2.05, 4.69) is 18.8 Å². The summed E-state index contributed by atoms with van der Waals surface area (Å²) < 4.78 is 0. The highest BCUT2D eigenvalue weighted by Gasteiger charge is 2.12. The predicted octanol–water partition coefficient (Wildman–Crippen LogP) is 1.89. The minimum absolute atomic E-state index is 0.264. The van der Waals surface area contributed by atoms with Gasteiger partial charge in [0.05, 0.1) is 0 Å². The number of aromatic nitrogens is 1. The summed E-state index contributed by atoms with van der Waals surface area (Å²) in [7, 11) is 0. The van der Waals surface area contributed by atoms with Crippen LogP contribution in [0, 0.1) is 11.8 Å². The topological polar surface area (TPSA) is 33.1 Å². The maximum atomic E-state index is 9.14. The molecule has 72 valence electrons. The van der Waals surface area contributed by atoms with Gasteiger partial charge in [0.15, 0.2) is 0 Å². The van der Waals surface area contributed by atoms with Crippen LogP contribution in [-0.4, -0.2) is 16.7 Å². The highest BCUT2D eigenvalue weighted by molar-refractivity contribution is 5.10. The van der Waals surface area contributed by atoms with Crippen LogP contribution in [0.5, 0.6) is 0 Å². The van der Waals surface area contributed by atoms with Crippen molar-refractivity contribution >= 4 is 0 Å². The van der Waals surface area contributed by atoms with Gasteiger partial charge in [0.1, 0.15) is 0 Å². The molecule has 0 aliphatic rings. The molecule has 0 fully saturated rings. The fraction of sp³-hybridized carbons (Fsp3) is 0.545. The molecule has 2 nitrogen and oxygen atoms in total. The fourth-order valence-electron chi connectivity index (χ4n) is 1.33. The summed E-state index contributed by atoms with van der Waals surface area (Å²) in [6, 6.07) is 4.01. The average Bonchev–Trinajstić information content (AvgIpc) is 2.15. The van der Waals surface area contributed by atoms with Gasteiger partial charge in [-0.2, -0.15) is 0 Å². The largest absolute Gasteiger partial charge is 0.396 e. The molecule has 0 bridgehead atoms. The van der Waals surface area contributed by atoms with Gasteiger partial charge in [0, 0.05) is 19.0 Å². The first-order valence-corrected chi connectivity index (χ1v) is 4.73. The molecule has 0 saturated heterocycles. The molecule has 2 heteroatoms. The Morgan fingerprint density at radius 2 is 1.92 bits per heavy atom. The van der Waals surface area contributed by atoms with E-state index in [0.717, 1.165) is 6.42 Å². The number of pyridine rings is 1. The lowest BCUT2D eigenvalue weighted by Gasteiger charge is -2.17. The van der Waals surface area contributed by atoms with Crippen molar-refractivity contribution < 1.29 is 5.11 Å². The Morgan fingerprint density at radius 1 is 1.31 bits per heavy atom. The van der Waals surface area contributed by atoms with Gasteiger partial charge in [-0.3, -0.25) is 4.98 Å². The van der Waals surface area contributed by atoms with Gasteiger partial charge in [0.25, 0.3) is 0 Å². The zero-order valence-electron chi connectivity index (χ0n) is 8.27. The van der Waals surface area contributed by atoms with Crippen molar-refractivity contribution in [1.29, 1.82) is 0 Å². The van der Waals surface area contributed by atoms with Crippen molar-refractivity contribution in [2.45, 2.75) is 20.3 Å². The third-order valence-corrected chi connectivity index (χ3v) is 2.42. The highest BCUT2D eigenvalue weighted by Crippen LogP contribution is 2.15. The van der Waals surface area contributed by atoms with Crippen molar-refractivity contribution in [2.75, 3.05) is 6.61 Å². The van der Waals surface area contributed by atoms with Gasteiger partial charge in [-0.1, -0.05) is 13.8 Å². The molecule has 0 amide bonds. The van der Waals surface area contributed by atoms with Gasteiger partial charge < -0.3 is 5.11 Å². The van der Waals surface area contributed by atoms with Crippen LogP contribution < -0.4 is 0 Å². The first kappa shape index (κ1) is 10.2. The van der Waals surface area contributed by atoms with Crippen LogP contribution in [0.4, 0.5) is 0 Å². The Morgan fingerprint density at radius 3 is 2.38 bits per heavy atom. The van der Waals surface area contributed by atoms with Gasteiger partial charge in [-0.15, -0.1) is 0 Å². The summed E-state index contributed by atoms with van der Waals surface area (Å²) in [5.41, 5.74) is 1.25. The molecule has 1 atom stereocenters. The Labute approximate surface area is 79.6 Å². The minimum Gasteiger partial charge on any atom is -0.396 e. The van der Waals surface area contributed by atoms with Crippen LogP contribution in [0.2, 0.25) is 0 Å². The Kier molecular flexibility index (Phi) is 3.90. The van der Waals surface area contributed by atoms with Crippen LogP contribution in [0.1, 0.15) is 19.4 Å². The maximum Gasteiger partial charge on any atom is 0.0464 e. The van der Waals surface area contributed by atoms with Gasteiger partial charge >= 0.3 is 0 Å². The fourth-order valence-corrected chi connectivity index (χ4v) is 1.33. The van der Waals surface area contributed by atoms with Crippen molar-refractivity contribution in [3.63, 3.8) is 0 Å². The van der Waals surface area contributed by atoms with Crippen LogP contribution in [0.3, 0.4) is 0 Å². The molecule has 1 aromatic heterocycles. The van der Waals surface area contributed by atoms with E-state index < -0.39 is 0 Å². The minimum atomic E-state index is 0.264. The predicted molar refractivity (Wildman–Crippen MR) is 53.4 cm³/mol. The second-order valence-corrected chi connectivity index (χ2v) is 3.75. The zero-order chi connectivity index (χ0) is 9.68. The number of hydrogen-bond donors (Lipinski definition) is 1. The lowest BCUT2D eigenvalue weighted by atomic mass is 9.90. The van der Waals surface area contributed by atoms with E-state index in [4.69, 9.17) is 5.11 Å². The second kappa shape index (κ2) is 4.97. The standard InChI is InChI=1S/C11H17NO/c1-9(2)11(8-13)7-10-3-5-12-6-4-10/h3-6,9,11,13H,7-8H2,1-2H3. The van der Waals surface area contributed by atoms with Crippen molar-refractivity contribution in [2.24, 2.45) is 11.8 Å². The van der Waals surface area contributed by atoms with Crippen molar-refractivity contribution in [1.82, 2.24) is 4.98 Å². The molecule has 0 radical (unpaired) electrons. The Bertz CT molecular complexity index is 233. The number of nitrogens with zero attached hydrogens (tertiary/aromatic N) is 1. The van der Waals surface area contributed by atoms with E-state index in [9.17, 15) is 0 Å². The molecule has 0 aliphatic heterocycles. The Balaban J connectivity index is 2.57. The zero-order valence-corrected chi connectivity index (χ0v) is 8.27. The lowest BCUT2D eigenvalue weighted by Crippen LogP contribution is -2.16. The average molecular weight is 179 g/mol. The van der Waals surface area contributed by atoms with E-state index in [1.165, 1.54) is 5.56 Å². The molecule has 0 aromatic carbocycles. The van der Waals surface area contributed by atoms with Crippen molar-refractivity contribution in [3.8, 4) is 0 Å². The van der Waals surface area contributed by atoms with Crippen LogP contribution in [0.15, 0.2) is 24.5 Å².